The van der Waals surface area contributed by atoms with Crippen LogP contribution in [0, 0.1) is 5.92 Å². The van der Waals surface area contributed by atoms with Crippen molar-refractivity contribution in [2.24, 2.45) is 5.92 Å². The van der Waals surface area contributed by atoms with Crippen LogP contribution in [0.15, 0.2) is 48.8 Å². The van der Waals surface area contributed by atoms with Gasteiger partial charge in [-0.05, 0) is 37.3 Å². The quantitative estimate of drug-likeness (QED) is 0.930. The first kappa shape index (κ1) is 16.5. The molecule has 4 heteroatoms. The van der Waals surface area contributed by atoms with Gasteiger partial charge in [0.2, 0.25) is 0 Å². The predicted molar refractivity (Wildman–Crippen MR) is 97.2 cm³/mol. The molecule has 126 valence electrons. The molecule has 1 aromatic heterocycles. The highest BCUT2D eigenvalue weighted by Crippen LogP contribution is 2.23. The van der Waals surface area contributed by atoms with E-state index in [0.29, 0.717) is 11.5 Å². The molecule has 0 spiro atoms. The van der Waals surface area contributed by atoms with E-state index in [2.05, 4.69) is 22.1 Å². The van der Waals surface area contributed by atoms with Crippen LogP contribution in [0.25, 0.3) is 0 Å². The Balaban J connectivity index is 1.70. The second-order valence-corrected chi connectivity index (χ2v) is 6.73. The van der Waals surface area contributed by atoms with E-state index in [1.54, 1.807) is 6.20 Å². The minimum absolute atomic E-state index is 0.0302. The molecule has 0 aliphatic carbocycles. The highest BCUT2D eigenvalue weighted by molar-refractivity contribution is 5.95. The number of rotatable bonds is 4. The molecule has 1 fully saturated rings. The fourth-order valence-corrected chi connectivity index (χ4v) is 3.25. The lowest BCUT2D eigenvalue weighted by molar-refractivity contribution is 0.0939. The molecular formula is C20H25N3O. The number of aromatic nitrogens is 1. The monoisotopic (exact) mass is 323 g/mol. The standard InChI is InChI=1S/C20H25N3O/c1-15-7-6-10-23(14-15)19-11-18(12-21-13-19)20(24)22-16(2)17-8-4-3-5-9-17/h3-5,8-9,11-13,15-16H,6-7,10,14H2,1-2H3,(H,22,24). The number of nitrogens with one attached hydrogen (secondary N) is 1. The Labute approximate surface area is 143 Å². The minimum Gasteiger partial charge on any atom is -0.370 e. The Kier molecular flexibility index (Phi) is 5.14. The third-order valence-corrected chi connectivity index (χ3v) is 4.66. The highest BCUT2D eigenvalue weighted by Gasteiger charge is 2.18. The predicted octanol–water partition coefficient (Wildman–Crippen LogP) is 3.81. The molecule has 1 aliphatic heterocycles. The zero-order valence-electron chi connectivity index (χ0n) is 14.4. The third-order valence-electron chi connectivity index (χ3n) is 4.66. The van der Waals surface area contributed by atoms with Crippen LogP contribution in [0.4, 0.5) is 5.69 Å². The van der Waals surface area contributed by atoms with E-state index in [-0.39, 0.29) is 11.9 Å². The molecule has 2 unspecified atom stereocenters. The Morgan fingerprint density at radius 1 is 1.29 bits per heavy atom. The molecule has 0 bridgehead atoms. The molecule has 2 heterocycles. The van der Waals surface area contributed by atoms with Crippen LogP contribution in [-0.2, 0) is 0 Å². The summed E-state index contributed by atoms with van der Waals surface area (Å²) in [6.45, 7) is 6.35. The molecule has 0 radical (unpaired) electrons. The number of carbonyl (C=O) groups excluding carboxylic acids is 1. The molecule has 1 amide bonds. The second-order valence-electron chi connectivity index (χ2n) is 6.73. The number of pyridine rings is 1. The maximum Gasteiger partial charge on any atom is 0.253 e. The number of benzene rings is 1. The summed E-state index contributed by atoms with van der Waals surface area (Å²) in [6.07, 6.45) is 5.97. The Morgan fingerprint density at radius 2 is 2.08 bits per heavy atom. The lowest BCUT2D eigenvalue weighted by Crippen LogP contribution is -2.34. The molecule has 4 nitrogen and oxygen atoms in total. The van der Waals surface area contributed by atoms with Crippen molar-refractivity contribution in [3.05, 3.63) is 59.9 Å². The highest BCUT2D eigenvalue weighted by atomic mass is 16.1. The lowest BCUT2D eigenvalue weighted by Gasteiger charge is -2.32. The van der Waals surface area contributed by atoms with E-state index >= 15 is 0 Å². The molecular weight excluding hydrogens is 298 g/mol. The molecule has 1 aliphatic rings. The summed E-state index contributed by atoms with van der Waals surface area (Å²) >= 11 is 0. The summed E-state index contributed by atoms with van der Waals surface area (Å²) in [6, 6.07) is 11.9. The van der Waals surface area contributed by atoms with Gasteiger partial charge in [-0.3, -0.25) is 9.78 Å². The Morgan fingerprint density at radius 3 is 2.83 bits per heavy atom. The average molecular weight is 323 g/mol. The Bertz CT molecular complexity index is 686. The summed E-state index contributed by atoms with van der Waals surface area (Å²) in [5, 5.41) is 3.05. The summed E-state index contributed by atoms with van der Waals surface area (Å²) < 4.78 is 0. The third kappa shape index (κ3) is 3.94. The van der Waals surface area contributed by atoms with E-state index < -0.39 is 0 Å². The van der Waals surface area contributed by atoms with Gasteiger partial charge in [0.05, 0.1) is 23.5 Å². The summed E-state index contributed by atoms with van der Waals surface area (Å²) in [5.41, 5.74) is 2.76. The van der Waals surface area contributed by atoms with Gasteiger partial charge >= 0.3 is 0 Å². The SMILES string of the molecule is CC1CCCN(c2cncc(C(=O)NC(C)c3ccccc3)c2)C1. The van der Waals surface area contributed by atoms with Crippen molar-refractivity contribution >= 4 is 11.6 Å². The van der Waals surface area contributed by atoms with Gasteiger partial charge in [0.25, 0.3) is 5.91 Å². The molecule has 1 saturated heterocycles. The van der Waals surface area contributed by atoms with Crippen molar-refractivity contribution in [2.75, 3.05) is 18.0 Å². The van der Waals surface area contributed by atoms with Crippen LogP contribution in [0.1, 0.15) is 48.7 Å². The molecule has 0 saturated carbocycles. The first-order chi connectivity index (χ1) is 11.6. The van der Waals surface area contributed by atoms with Gasteiger partial charge in [-0.15, -0.1) is 0 Å². The molecule has 1 aromatic carbocycles. The molecule has 2 atom stereocenters. The van der Waals surface area contributed by atoms with Crippen LogP contribution in [0.2, 0.25) is 0 Å². The van der Waals surface area contributed by atoms with E-state index in [0.717, 1.165) is 24.3 Å². The topological polar surface area (TPSA) is 45.2 Å². The number of hydrogen-bond acceptors (Lipinski definition) is 3. The smallest absolute Gasteiger partial charge is 0.253 e. The van der Waals surface area contributed by atoms with Crippen molar-refractivity contribution in [3.63, 3.8) is 0 Å². The number of carbonyl (C=O) groups is 1. The van der Waals surface area contributed by atoms with Crippen molar-refractivity contribution in [3.8, 4) is 0 Å². The van der Waals surface area contributed by atoms with Gasteiger partial charge in [0.15, 0.2) is 0 Å². The van der Waals surface area contributed by atoms with E-state index in [1.165, 1.54) is 12.8 Å². The van der Waals surface area contributed by atoms with Crippen molar-refractivity contribution in [1.82, 2.24) is 10.3 Å². The van der Waals surface area contributed by atoms with Crippen LogP contribution < -0.4 is 10.2 Å². The number of amides is 1. The fourth-order valence-electron chi connectivity index (χ4n) is 3.25. The zero-order chi connectivity index (χ0) is 16.9. The van der Waals surface area contributed by atoms with Gasteiger partial charge in [0.1, 0.15) is 0 Å². The van der Waals surface area contributed by atoms with Crippen LogP contribution in [0.3, 0.4) is 0 Å². The van der Waals surface area contributed by atoms with E-state index in [1.807, 2.05) is 49.5 Å². The van der Waals surface area contributed by atoms with Gasteiger partial charge in [0, 0.05) is 19.3 Å². The Hall–Kier alpha value is -2.36. The van der Waals surface area contributed by atoms with Gasteiger partial charge < -0.3 is 10.2 Å². The molecule has 24 heavy (non-hydrogen) atoms. The largest absolute Gasteiger partial charge is 0.370 e. The van der Waals surface area contributed by atoms with Crippen molar-refractivity contribution < 1.29 is 4.79 Å². The lowest BCUT2D eigenvalue weighted by atomic mass is 10.00. The van der Waals surface area contributed by atoms with E-state index in [4.69, 9.17) is 0 Å². The summed E-state index contributed by atoms with van der Waals surface area (Å²) in [5.74, 6) is 0.611. The fraction of sp³-hybridized carbons (Fsp3) is 0.400. The van der Waals surface area contributed by atoms with E-state index in [9.17, 15) is 4.79 Å². The van der Waals surface area contributed by atoms with Crippen molar-refractivity contribution in [1.29, 1.82) is 0 Å². The summed E-state index contributed by atoms with van der Waals surface area (Å²) in [7, 11) is 0. The number of anilines is 1. The average Bonchev–Trinajstić information content (AvgIpc) is 2.62. The molecule has 2 aromatic rings. The minimum atomic E-state index is -0.0780. The molecule has 3 rings (SSSR count). The number of piperidine rings is 1. The first-order valence-electron chi connectivity index (χ1n) is 8.69. The second kappa shape index (κ2) is 7.47. The summed E-state index contributed by atoms with van der Waals surface area (Å²) in [4.78, 5) is 19.2. The first-order valence-corrected chi connectivity index (χ1v) is 8.69. The van der Waals surface area contributed by atoms with Gasteiger partial charge in [-0.1, -0.05) is 37.3 Å². The van der Waals surface area contributed by atoms with Crippen LogP contribution in [-0.4, -0.2) is 24.0 Å². The van der Waals surface area contributed by atoms with Crippen LogP contribution in [0.5, 0.6) is 0 Å². The van der Waals surface area contributed by atoms with Crippen molar-refractivity contribution in [2.45, 2.75) is 32.7 Å². The maximum atomic E-state index is 12.6. The molecule has 1 N–H and O–H groups in total. The zero-order valence-corrected chi connectivity index (χ0v) is 14.4. The van der Waals surface area contributed by atoms with Gasteiger partial charge in [-0.25, -0.2) is 0 Å². The number of nitrogens with zero attached hydrogens (tertiary/aromatic N) is 2. The van der Waals surface area contributed by atoms with Crippen LogP contribution >= 0.6 is 0 Å². The number of hydrogen-bond donors (Lipinski definition) is 1. The van der Waals surface area contributed by atoms with Gasteiger partial charge in [-0.2, -0.15) is 0 Å². The normalized spacial score (nSPS) is 18.9. The maximum absolute atomic E-state index is 12.6.